The molecule has 0 radical (unpaired) electrons. The first-order valence-electron chi connectivity index (χ1n) is 6.30. The summed E-state index contributed by atoms with van der Waals surface area (Å²) in [5, 5.41) is 14.5. The minimum Gasteiger partial charge on any atom is -0.489 e. The lowest BCUT2D eigenvalue weighted by Crippen LogP contribution is -2.26. The Labute approximate surface area is 138 Å². The van der Waals surface area contributed by atoms with E-state index >= 15 is 0 Å². The molecule has 2 N–H and O–H groups in total. The van der Waals surface area contributed by atoms with Gasteiger partial charge in [-0.3, -0.25) is 0 Å². The van der Waals surface area contributed by atoms with E-state index in [2.05, 4.69) is 5.32 Å². The molecule has 112 valence electrons. The molecule has 0 aliphatic rings. The molecule has 0 aromatic heterocycles. The Morgan fingerprint density at radius 2 is 1.81 bits per heavy atom. The average Bonchev–Trinajstić information content (AvgIpc) is 2.47. The molecule has 21 heavy (non-hydrogen) atoms. The highest BCUT2D eigenvalue weighted by Gasteiger charge is 2.09. The molecule has 0 aliphatic heterocycles. The normalized spacial score (nSPS) is 12.0. The summed E-state index contributed by atoms with van der Waals surface area (Å²) in [6.45, 7) is 0.402. The Kier molecular flexibility index (Phi) is 6.00. The molecule has 6 heteroatoms. The van der Waals surface area contributed by atoms with Crippen LogP contribution in [-0.2, 0) is 0 Å². The molecule has 2 aromatic rings. The molecule has 3 nitrogen and oxygen atoms in total. The van der Waals surface area contributed by atoms with Gasteiger partial charge in [-0.1, -0.05) is 46.9 Å². The monoisotopic (exact) mass is 345 g/mol. The zero-order valence-electron chi connectivity index (χ0n) is 11.0. The van der Waals surface area contributed by atoms with E-state index in [0.717, 1.165) is 5.69 Å². The van der Waals surface area contributed by atoms with Crippen molar-refractivity contribution in [3.05, 3.63) is 57.5 Å². The number of hydrogen-bond donors (Lipinski definition) is 2. The highest BCUT2D eigenvalue weighted by atomic mass is 35.5. The maximum Gasteiger partial charge on any atom is 0.139 e. The standard InChI is InChI=1S/C15H14Cl3NO2/c16-10-5-6-13(18)15(7-10)21-9-11(20)8-19-14-4-2-1-3-12(14)17/h1-7,11,19-20H,8-9H2. The molecule has 0 saturated carbocycles. The van der Waals surface area contributed by atoms with Gasteiger partial charge in [0.25, 0.3) is 0 Å². The summed E-state index contributed by atoms with van der Waals surface area (Å²) in [6, 6.07) is 12.2. The van der Waals surface area contributed by atoms with Crippen molar-refractivity contribution in [2.75, 3.05) is 18.5 Å². The number of anilines is 1. The van der Waals surface area contributed by atoms with E-state index in [-0.39, 0.29) is 6.61 Å². The number of nitrogens with one attached hydrogen (secondary N) is 1. The smallest absolute Gasteiger partial charge is 0.139 e. The number of ether oxygens (including phenoxy) is 1. The number of hydrogen-bond acceptors (Lipinski definition) is 3. The molecule has 0 bridgehead atoms. The van der Waals surface area contributed by atoms with Crippen LogP contribution in [-0.4, -0.2) is 24.4 Å². The quantitative estimate of drug-likeness (QED) is 0.809. The van der Waals surface area contributed by atoms with Gasteiger partial charge < -0.3 is 15.2 Å². The molecule has 0 saturated heterocycles. The van der Waals surface area contributed by atoms with Gasteiger partial charge >= 0.3 is 0 Å². The Bertz CT molecular complexity index is 607. The fraction of sp³-hybridized carbons (Fsp3) is 0.200. The molecule has 2 aromatic carbocycles. The van der Waals surface area contributed by atoms with Crippen molar-refractivity contribution >= 4 is 40.5 Å². The summed E-state index contributed by atoms with van der Waals surface area (Å²) in [4.78, 5) is 0. The molecule has 1 atom stereocenters. The van der Waals surface area contributed by atoms with Gasteiger partial charge in [0.2, 0.25) is 0 Å². The van der Waals surface area contributed by atoms with E-state index in [9.17, 15) is 5.11 Å². The van der Waals surface area contributed by atoms with Crippen LogP contribution in [0.5, 0.6) is 5.75 Å². The van der Waals surface area contributed by atoms with Crippen molar-refractivity contribution in [1.29, 1.82) is 0 Å². The summed E-state index contributed by atoms with van der Waals surface area (Å²) in [5.74, 6) is 0.445. The van der Waals surface area contributed by atoms with Crippen LogP contribution < -0.4 is 10.1 Å². The van der Waals surface area contributed by atoms with Gasteiger partial charge in [0, 0.05) is 17.6 Å². The van der Waals surface area contributed by atoms with Crippen molar-refractivity contribution in [3.63, 3.8) is 0 Å². The Morgan fingerprint density at radius 1 is 1.05 bits per heavy atom. The van der Waals surface area contributed by atoms with E-state index in [1.807, 2.05) is 18.2 Å². The Morgan fingerprint density at radius 3 is 2.57 bits per heavy atom. The Balaban J connectivity index is 1.84. The van der Waals surface area contributed by atoms with Crippen LogP contribution in [0.15, 0.2) is 42.5 Å². The predicted octanol–water partition coefficient (Wildman–Crippen LogP) is 4.50. The zero-order chi connectivity index (χ0) is 15.2. The third-order valence-electron chi connectivity index (χ3n) is 2.73. The van der Waals surface area contributed by atoms with Gasteiger partial charge in [-0.2, -0.15) is 0 Å². The number of rotatable bonds is 6. The highest BCUT2D eigenvalue weighted by Crippen LogP contribution is 2.27. The molecular formula is C15H14Cl3NO2. The number of para-hydroxylation sites is 1. The van der Waals surface area contributed by atoms with Crippen molar-refractivity contribution < 1.29 is 9.84 Å². The lowest BCUT2D eigenvalue weighted by molar-refractivity contribution is 0.117. The van der Waals surface area contributed by atoms with Gasteiger partial charge in [-0.25, -0.2) is 0 Å². The first kappa shape index (κ1) is 16.2. The Hall–Kier alpha value is -1.13. The molecule has 0 aliphatic carbocycles. The van der Waals surface area contributed by atoms with Crippen LogP contribution in [0.3, 0.4) is 0 Å². The van der Waals surface area contributed by atoms with Crippen molar-refractivity contribution in [1.82, 2.24) is 0 Å². The van der Waals surface area contributed by atoms with Gasteiger partial charge in [0.1, 0.15) is 18.5 Å². The van der Waals surface area contributed by atoms with E-state index in [0.29, 0.717) is 27.4 Å². The van der Waals surface area contributed by atoms with Crippen molar-refractivity contribution in [3.8, 4) is 5.75 Å². The maximum atomic E-state index is 9.92. The molecular weight excluding hydrogens is 333 g/mol. The summed E-state index contributed by atoms with van der Waals surface area (Å²) in [5.41, 5.74) is 0.763. The van der Waals surface area contributed by atoms with Crippen LogP contribution in [0.1, 0.15) is 0 Å². The van der Waals surface area contributed by atoms with E-state index in [1.165, 1.54) is 0 Å². The van der Waals surface area contributed by atoms with Crippen LogP contribution in [0.4, 0.5) is 5.69 Å². The number of halogens is 3. The summed E-state index contributed by atoms with van der Waals surface area (Å²) in [6.07, 6.45) is -0.712. The van der Waals surface area contributed by atoms with Crippen LogP contribution in [0.25, 0.3) is 0 Å². The topological polar surface area (TPSA) is 41.5 Å². The van der Waals surface area contributed by atoms with Crippen LogP contribution >= 0.6 is 34.8 Å². The van der Waals surface area contributed by atoms with Gasteiger partial charge in [0.15, 0.2) is 0 Å². The van der Waals surface area contributed by atoms with Crippen molar-refractivity contribution in [2.45, 2.75) is 6.10 Å². The zero-order valence-corrected chi connectivity index (χ0v) is 13.3. The third kappa shape index (κ3) is 4.97. The molecule has 1 unspecified atom stereocenters. The van der Waals surface area contributed by atoms with Crippen molar-refractivity contribution in [2.24, 2.45) is 0 Å². The third-order valence-corrected chi connectivity index (χ3v) is 3.60. The highest BCUT2D eigenvalue weighted by molar-refractivity contribution is 6.34. The van der Waals surface area contributed by atoms with Crippen LogP contribution in [0.2, 0.25) is 15.1 Å². The summed E-state index contributed by atoms with van der Waals surface area (Å²) >= 11 is 17.8. The van der Waals surface area contributed by atoms with E-state index in [4.69, 9.17) is 39.5 Å². The first-order chi connectivity index (χ1) is 10.1. The second-order valence-electron chi connectivity index (χ2n) is 4.40. The van der Waals surface area contributed by atoms with E-state index in [1.54, 1.807) is 24.3 Å². The summed E-state index contributed by atoms with van der Waals surface area (Å²) in [7, 11) is 0. The van der Waals surface area contributed by atoms with Gasteiger partial charge in [-0.05, 0) is 24.3 Å². The van der Waals surface area contributed by atoms with Gasteiger partial charge in [-0.15, -0.1) is 0 Å². The lowest BCUT2D eigenvalue weighted by atomic mass is 10.3. The molecule has 0 spiro atoms. The SMILES string of the molecule is OC(CNc1ccccc1Cl)COc1cc(Cl)ccc1Cl. The number of aliphatic hydroxyl groups is 1. The molecule has 0 heterocycles. The largest absolute Gasteiger partial charge is 0.489 e. The number of benzene rings is 2. The lowest BCUT2D eigenvalue weighted by Gasteiger charge is -2.15. The first-order valence-corrected chi connectivity index (χ1v) is 7.44. The van der Waals surface area contributed by atoms with Crippen LogP contribution in [0, 0.1) is 0 Å². The second-order valence-corrected chi connectivity index (χ2v) is 5.65. The predicted molar refractivity (Wildman–Crippen MR) is 87.9 cm³/mol. The summed E-state index contributed by atoms with van der Waals surface area (Å²) < 4.78 is 5.46. The molecule has 0 amide bonds. The minimum atomic E-state index is -0.712. The average molecular weight is 347 g/mol. The van der Waals surface area contributed by atoms with E-state index < -0.39 is 6.10 Å². The minimum absolute atomic E-state index is 0.0948. The number of aliphatic hydroxyl groups excluding tert-OH is 1. The maximum absolute atomic E-state index is 9.92. The van der Waals surface area contributed by atoms with Gasteiger partial charge in [0.05, 0.1) is 15.7 Å². The fourth-order valence-electron chi connectivity index (χ4n) is 1.67. The molecule has 0 fully saturated rings. The second kappa shape index (κ2) is 7.76. The molecule has 2 rings (SSSR count). The fourth-order valence-corrected chi connectivity index (χ4v) is 2.20.